The average molecular weight is 478 g/mol. The van der Waals surface area contributed by atoms with Gasteiger partial charge < -0.3 is 15.1 Å². The molecule has 1 atom stereocenters. The first-order valence-corrected chi connectivity index (χ1v) is 9.27. The van der Waals surface area contributed by atoms with Crippen LogP contribution in [0.15, 0.2) is 23.2 Å². The Morgan fingerprint density at radius 3 is 2.73 bits per heavy atom. The number of rotatable bonds is 5. The predicted molar refractivity (Wildman–Crippen MR) is 112 cm³/mol. The summed E-state index contributed by atoms with van der Waals surface area (Å²) in [5.74, 6) is 0.799. The molecule has 0 bridgehead atoms. The number of likely N-dealkylation sites (tertiary alicyclic amines) is 2. The smallest absolute Gasteiger partial charge is 0.193 e. The predicted octanol–water partition coefficient (Wildman–Crippen LogP) is 3.12. The zero-order valence-electron chi connectivity index (χ0n) is 15.4. The van der Waals surface area contributed by atoms with Crippen LogP contribution in [-0.2, 0) is 6.42 Å². The van der Waals surface area contributed by atoms with Crippen LogP contribution in [0.25, 0.3) is 0 Å². The number of guanidine groups is 1. The second kappa shape index (κ2) is 10.4. The quantitative estimate of drug-likeness (QED) is 0.401. The van der Waals surface area contributed by atoms with Crippen molar-refractivity contribution >= 4 is 29.9 Å². The molecular weight excluding hydrogens is 449 g/mol. The minimum absolute atomic E-state index is 0. The number of hydrogen-bond donors (Lipinski definition) is 1. The van der Waals surface area contributed by atoms with Gasteiger partial charge in [0.2, 0.25) is 0 Å². The Hall–Kier alpha value is -0.960. The lowest BCUT2D eigenvalue weighted by Crippen LogP contribution is -2.41. The van der Waals surface area contributed by atoms with Gasteiger partial charge in [-0.15, -0.1) is 24.0 Å². The molecule has 1 aromatic carbocycles. The summed E-state index contributed by atoms with van der Waals surface area (Å²) < 4.78 is 26.9. The summed E-state index contributed by atoms with van der Waals surface area (Å²) in [6.07, 6.45) is 4.29. The minimum atomic E-state index is -0.398. The summed E-state index contributed by atoms with van der Waals surface area (Å²) in [5.41, 5.74) is 0.399. The van der Waals surface area contributed by atoms with E-state index in [-0.39, 0.29) is 29.8 Å². The summed E-state index contributed by atoms with van der Waals surface area (Å²) in [6, 6.07) is 3.60. The summed E-state index contributed by atoms with van der Waals surface area (Å²) in [6.45, 7) is 6.23. The standard InChI is InChI=1S/C19H28F2N4.HI/c1-22-19(23-8-6-16-12-17(20)4-5-18(16)21)25-11-7-15(14-25)13-24-9-2-3-10-24;/h4-5,12,15H,2-3,6-11,13-14H2,1H3,(H,22,23);1H. The fraction of sp³-hybridized carbons (Fsp3) is 0.632. The van der Waals surface area contributed by atoms with Crippen LogP contribution in [0.2, 0.25) is 0 Å². The van der Waals surface area contributed by atoms with E-state index >= 15 is 0 Å². The Kier molecular flexibility index (Phi) is 8.53. The van der Waals surface area contributed by atoms with Crippen molar-refractivity contribution in [3.8, 4) is 0 Å². The van der Waals surface area contributed by atoms with E-state index in [0.29, 0.717) is 24.4 Å². The maximum Gasteiger partial charge on any atom is 0.193 e. The van der Waals surface area contributed by atoms with E-state index in [1.54, 1.807) is 7.05 Å². The van der Waals surface area contributed by atoms with E-state index < -0.39 is 5.82 Å². The first-order chi connectivity index (χ1) is 12.2. The molecule has 0 radical (unpaired) electrons. The Morgan fingerprint density at radius 1 is 1.23 bits per heavy atom. The fourth-order valence-electron chi connectivity index (χ4n) is 3.88. The van der Waals surface area contributed by atoms with Crippen molar-refractivity contribution in [2.24, 2.45) is 10.9 Å². The van der Waals surface area contributed by atoms with Crippen molar-refractivity contribution in [3.05, 3.63) is 35.4 Å². The highest BCUT2D eigenvalue weighted by atomic mass is 127. The second-order valence-electron chi connectivity index (χ2n) is 7.07. The lowest BCUT2D eigenvalue weighted by Gasteiger charge is -2.23. The highest BCUT2D eigenvalue weighted by molar-refractivity contribution is 14.0. The molecule has 2 aliphatic heterocycles. The molecule has 0 aliphatic carbocycles. The van der Waals surface area contributed by atoms with E-state index in [2.05, 4.69) is 20.1 Å². The molecule has 0 saturated carbocycles. The zero-order chi connectivity index (χ0) is 17.6. The third kappa shape index (κ3) is 5.77. The average Bonchev–Trinajstić information content (AvgIpc) is 3.27. The van der Waals surface area contributed by atoms with Gasteiger partial charge in [-0.25, -0.2) is 8.78 Å². The second-order valence-corrected chi connectivity index (χ2v) is 7.07. The molecule has 146 valence electrons. The van der Waals surface area contributed by atoms with Gasteiger partial charge in [-0.3, -0.25) is 4.99 Å². The first kappa shape index (κ1) is 21.3. The third-order valence-electron chi connectivity index (χ3n) is 5.20. The van der Waals surface area contributed by atoms with Gasteiger partial charge in [0.05, 0.1) is 0 Å². The summed E-state index contributed by atoms with van der Waals surface area (Å²) >= 11 is 0. The highest BCUT2D eigenvalue weighted by Gasteiger charge is 2.27. The molecule has 1 unspecified atom stereocenters. The van der Waals surface area contributed by atoms with Crippen LogP contribution >= 0.6 is 24.0 Å². The molecule has 2 heterocycles. The van der Waals surface area contributed by atoms with E-state index in [4.69, 9.17) is 0 Å². The normalized spacial score (nSPS) is 21.1. The van der Waals surface area contributed by atoms with Crippen LogP contribution in [-0.4, -0.2) is 62.1 Å². The Bertz CT molecular complexity index is 605. The summed E-state index contributed by atoms with van der Waals surface area (Å²) in [7, 11) is 1.78. The van der Waals surface area contributed by atoms with Gasteiger partial charge in [-0.2, -0.15) is 0 Å². The van der Waals surface area contributed by atoms with Gasteiger partial charge in [0.25, 0.3) is 0 Å². The molecule has 26 heavy (non-hydrogen) atoms. The van der Waals surface area contributed by atoms with Gasteiger partial charge in [0.1, 0.15) is 11.6 Å². The first-order valence-electron chi connectivity index (χ1n) is 9.27. The van der Waals surface area contributed by atoms with Crippen LogP contribution in [0.1, 0.15) is 24.8 Å². The largest absolute Gasteiger partial charge is 0.356 e. The number of halogens is 3. The molecule has 0 spiro atoms. The zero-order valence-corrected chi connectivity index (χ0v) is 17.7. The maximum absolute atomic E-state index is 13.7. The van der Waals surface area contributed by atoms with E-state index in [0.717, 1.165) is 25.1 Å². The van der Waals surface area contributed by atoms with Crippen molar-refractivity contribution in [2.45, 2.75) is 25.7 Å². The number of aliphatic imine (C=N–C) groups is 1. The van der Waals surface area contributed by atoms with Crippen LogP contribution < -0.4 is 5.32 Å². The molecule has 2 fully saturated rings. The Balaban J connectivity index is 0.00000243. The number of benzene rings is 1. The number of hydrogen-bond acceptors (Lipinski definition) is 2. The van der Waals surface area contributed by atoms with Crippen molar-refractivity contribution in [1.82, 2.24) is 15.1 Å². The van der Waals surface area contributed by atoms with Crippen LogP contribution in [0.4, 0.5) is 8.78 Å². The molecule has 1 aromatic rings. The van der Waals surface area contributed by atoms with E-state index in [1.165, 1.54) is 51.0 Å². The minimum Gasteiger partial charge on any atom is -0.356 e. The molecule has 1 N–H and O–H groups in total. The Morgan fingerprint density at radius 2 is 2.00 bits per heavy atom. The lowest BCUT2D eigenvalue weighted by atomic mass is 10.1. The maximum atomic E-state index is 13.7. The summed E-state index contributed by atoms with van der Waals surface area (Å²) in [4.78, 5) is 9.20. The van der Waals surface area contributed by atoms with Crippen molar-refractivity contribution in [1.29, 1.82) is 0 Å². The molecule has 2 saturated heterocycles. The third-order valence-corrected chi connectivity index (χ3v) is 5.20. The Labute approximate surface area is 172 Å². The monoisotopic (exact) mass is 478 g/mol. The van der Waals surface area contributed by atoms with E-state index in [9.17, 15) is 8.78 Å². The molecular formula is C19H29F2IN4. The van der Waals surface area contributed by atoms with Gasteiger partial charge >= 0.3 is 0 Å². The highest BCUT2D eigenvalue weighted by Crippen LogP contribution is 2.20. The SMILES string of the molecule is CN=C(NCCc1cc(F)ccc1F)N1CCC(CN2CCCC2)C1.I. The van der Waals surface area contributed by atoms with Gasteiger partial charge in [-0.1, -0.05) is 0 Å². The fourth-order valence-corrected chi connectivity index (χ4v) is 3.88. The van der Waals surface area contributed by atoms with Crippen LogP contribution in [0.3, 0.4) is 0 Å². The lowest BCUT2D eigenvalue weighted by molar-refractivity contribution is 0.281. The van der Waals surface area contributed by atoms with Gasteiger partial charge in [0.15, 0.2) is 5.96 Å². The molecule has 2 aliphatic rings. The molecule has 3 rings (SSSR count). The summed E-state index contributed by atoms with van der Waals surface area (Å²) in [5, 5.41) is 3.29. The van der Waals surface area contributed by atoms with Crippen molar-refractivity contribution in [2.75, 3.05) is 46.3 Å². The molecule has 0 aromatic heterocycles. The van der Waals surface area contributed by atoms with Crippen LogP contribution in [0, 0.1) is 17.6 Å². The van der Waals surface area contributed by atoms with Gasteiger partial charge in [-0.05, 0) is 68.5 Å². The number of nitrogens with one attached hydrogen (secondary N) is 1. The van der Waals surface area contributed by atoms with Gasteiger partial charge in [0, 0.05) is 33.2 Å². The molecule has 7 heteroatoms. The molecule has 0 amide bonds. The number of nitrogens with zero attached hydrogens (tertiary/aromatic N) is 3. The van der Waals surface area contributed by atoms with E-state index in [1.807, 2.05) is 0 Å². The van der Waals surface area contributed by atoms with Crippen molar-refractivity contribution < 1.29 is 8.78 Å². The van der Waals surface area contributed by atoms with Crippen LogP contribution in [0.5, 0.6) is 0 Å². The topological polar surface area (TPSA) is 30.9 Å². The van der Waals surface area contributed by atoms with Crippen molar-refractivity contribution in [3.63, 3.8) is 0 Å². The molecule has 4 nitrogen and oxygen atoms in total.